The molecule has 0 aliphatic heterocycles. The lowest BCUT2D eigenvalue weighted by molar-refractivity contribution is 0.105. The fourth-order valence-electron chi connectivity index (χ4n) is 3.79. The van der Waals surface area contributed by atoms with Gasteiger partial charge in [-0.1, -0.05) is 20.3 Å². The van der Waals surface area contributed by atoms with Crippen molar-refractivity contribution in [3.8, 4) is 0 Å². The standard InChI is InChI=1S/C16H32N2O/c1-13(2)17-16(12-19)9-4-5-15(16)8-10-18(3)11-14-6-7-14/h13-15,17,19H,4-12H2,1-3H3. The summed E-state index contributed by atoms with van der Waals surface area (Å²) >= 11 is 0. The summed E-state index contributed by atoms with van der Waals surface area (Å²) in [5.41, 5.74) is -0.00537. The van der Waals surface area contributed by atoms with Crippen molar-refractivity contribution in [1.82, 2.24) is 10.2 Å². The van der Waals surface area contributed by atoms with E-state index in [1.165, 1.54) is 45.2 Å². The molecule has 2 rings (SSSR count). The van der Waals surface area contributed by atoms with E-state index in [4.69, 9.17) is 0 Å². The lowest BCUT2D eigenvalue weighted by Crippen LogP contribution is -2.54. The molecule has 2 unspecified atom stereocenters. The van der Waals surface area contributed by atoms with Crippen LogP contribution >= 0.6 is 0 Å². The summed E-state index contributed by atoms with van der Waals surface area (Å²) in [5, 5.41) is 13.5. The molecule has 3 heteroatoms. The third kappa shape index (κ3) is 4.17. The lowest BCUT2D eigenvalue weighted by atomic mass is 9.84. The highest BCUT2D eigenvalue weighted by Gasteiger charge is 2.42. The van der Waals surface area contributed by atoms with Gasteiger partial charge in [-0.05, 0) is 57.5 Å². The average Bonchev–Trinajstić information content (AvgIpc) is 3.07. The smallest absolute Gasteiger partial charge is 0.0616 e. The Morgan fingerprint density at radius 3 is 2.63 bits per heavy atom. The molecule has 0 spiro atoms. The maximum Gasteiger partial charge on any atom is 0.0616 e. The van der Waals surface area contributed by atoms with Crippen molar-refractivity contribution in [3.63, 3.8) is 0 Å². The van der Waals surface area contributed by atoms with Crippen molar-refractivity contribution >= 4 is 0 Å². The summed E-state index contributed by atoms with van der Waals surface area (Å²) in [6.07, 6.45) is 7.77. The van der Waals surface area contributed by atoms with Crippen LogP contribution in [0.1, 0.15) is 52.4 Å². The van der Waals surface area contributed by atoms with Crippen molar-refractivity contribution in [2.45, 2.75) is 64.0 Å². The van der Waals surface area contributed by atoms with Crippen LogP contribution in [0.3, 0.4) is 0 Å². The number of nitrogens with one attached hydrogen (secondary N) is 1. The summed E-state index contributed by atoms with van der Waals surface area (Å²) in [7, 11) is 2.25. The number of aliphatic hydroxyl groups excluding tert-OH is 1. The van der Waals surface area contributed by atoms with Crippen LogP contribution in [-0.4, -0.2) is 48.3 Å². The van der Waals surface area contributed by atoms with Gasteiger partial charge in [0, 0.05) is 18.1 Å². The minimum atomic E-state index is -0.00537. The van der Waals surface area contributed by atoms with Gasteiger partial charge < -0.3 is 15.3 Å². The molecule has 0 bridgehead atoms. The summed E-state index contributed by atoms with van der Waals surface area (Å²) in [6.45, 7) is 7.12. The Kier molecular flexibility index (Phi) is 5.27. The number of aliphatic hydroxyl groups is 1. The van der Waals surface area contributed by atoms with E-state index in [9.17, 15) is 5.11 Å². The highest BCUT2D eigenvalue weighted by atomic mass is 16.3. The molecule has 2 saturated carbocycles. The molecule has 0 heterocycles. The van der Waals surface area contributed by atoms with Gasteiger partial charge in [-0.15, -0.1) is 0 Å². The normalized spacial score (nSPS) is 31.6. The number of nitrogens with zero attached hydrogens (tertiary/aromatic N) is 1. The number of hydrogen-bond acceptors (Lipinski definition) is 3. The second-order valence-electron chi connectivity index (χ2n) is 7.20. The molecule has 0 aromatic heterocycles. The van der Waals surface area contributed by atoms with Gasteiger partial charge in [-0.25, -0.2) is 0 Å². The first-order valence-electron chi connectivity index (χ1n) is 8.13. The van der Waals surface area contributed by atoms with E-state index in [0.717, 1.165) is 12.3 Å². The molecule has 2 atom stereocenters. The second kappa shape index (κ2) is 6.55. The molecular formula is C16H32N2O. The van der Waals surface area contributed by atoms with E-state index in [2.05, 4.69) is 31.1 Å². The van der Waals surface area contributed by atoms with Gasteiger partial charge in [0.15, 0.2) is 0 Å². The van der Waals surface area contributed by atoms with Crippen molar-refractivity contribution in [2.24, 2.45) is 11.8 Å². The van der Waals surface area contributed by atoms with Gasteiger partial charge >= 0.3 is 0 Å². The molecular weight excluding hydrogens is 236 g/mol. The van der Waals surface area contributed by atoms with Crippen LogP contribution in [-0.2, 0) is 0 Å². The zero-order valence-electron chi connectivity index (χ0n) is 13.0. The largest absolute Gasteiger partial charge is 0.394 e. The maximum atomic E-state index is 9.88. The van der Waals surface area contributed by atoms with Crippen molar-refractivity contribution < 1.29 is 5.11 Å². The molecule has 2 aliphatic rings. The molecule has 2 aliphatic carbocycles. The summed E-state index contributed by atoms with van der Waals surface area (Å²) < 4.78 is 0. The Balaban J connectivity index is 1.82. The molecule has 0 aromatic carbocycles. The van der Waals surface area contributed by atoms with Crippen molar-refractivity contribution in [3.05, 3.63) is 0 Å². The van der Waals surface area contributed by atoms with Crippen LogP contribution in [0.2, 0.25) is 0 Å². The zero-order chi connectivity index (χ0) is 13.9. The Morgan fingerprint density at radius 1 is 1.32 bits per heavy atom. The molecule has 112 valence electrons. The van der Waals surface area contributed by atoms with E-state index in [-0.39, 0.29) is 5.54 Å². The predicted molar refractivity (Wildman–Crippen MR) is 80.3 cm³/mol. The summed E-state index contributed by atoms with van der Waals surface area (Å²) in [6, 6.07) is 0.456. The first-order chi connectivity index (χ1) is 9.05. The Bertz CT molecular complexity index is 278. The van der Waals surface area contributed by atoms with E-state index < -0.39 is 0 Å². The highest BCUT2D eigenvalue weighted by molar-refractivity contribution is 5.00. The van der Waals surface area contributed by atoms with E-state index in [0.29, 0.717) is 18.6 Å². The SMILES string of the molecule is CC(C)NC1(CO)CCCC1CCN(C)CC1CC1. The van der Waals surface area contributed by atoms with Gasteiger partial charge in [0.05, 0.1) is 6.61 Å². The Morgan fingerprint density at radius 2 is 2.05 bits per heavy atom. The highest BCUT2D eigenvalue weighted by Crippen LogP contribution is 2.38. The fraction of sp³-hybridized carbons (Fsp3) is 1.00. The lowest BCUT2D eigenvalue weighted by Gasteiger charge is -2.37. The molecule has 2 N–H and O–H groups in total. The summed E-state index contributed by atoms with van der Waals surface area (Å²) in [4.78, 5) is 2.49. The average molecular weight is 268 g/mol. The van der Waals surface area contributed by atoms with Crippen LogP contribution in [0.15, 0.2) is 0 Å². The molecule has 0 aromatic rings. The maximum absolute atomic E-state index is 9.88. The van der Waals surface area contributed by atoms with Crippen LogP contribution in [0.5, 0.6) is 0 Å². The van der Waals surface area contributed by atoms with E-state index in [1.54, 1.807) is 0 Å². The first-order valence-corrected chi connectivity index (χ1v) is 8.13. The molecule has 19 heavy (non-hydrogen) atoms. The topological polar surface area (TPSA) is 35.5 Å². The minimum Gasteiger partial charge on any atom is -0.394 e. The van der Waals surface area contributed by atoms with Crippen LogP contribution < -0.4 is 5.32 Å². The summed E-state index contributed by atoms with van der Waals surface area (Å²) in [5.74, 6) is 1.62. The van der Waals surface area contributed by atoms with Gasteiger partial charge in [-0.3, -0.25) is 0 Å². The van der Waals surface area contributed by atoms with Gasteiger partial charge in [0.25, 0.3) is 0 Å². The van der Waals surface area contributed by atoms with Crippen LogP contribution in [0, 0.1) is 11.8 Å². The van der Waals surface area contributed by atoms with Crippen molar-refractivity contribution in [1.29, 1.82) is 0 Å². The molecule has 0 saturated heterocycles. The van der Waals surface area contributed by atoms with Gasteiger partial charge in [-0.2, -0.15) is 0 Å². The minimum absolute atomic E-state index is 0.00537. The predicted octanol–water partition coefficient (Wildman–Crippen LogP) is 2.25. The van der Waals surface area contributed by atoms with Gasteiger partial charge in [0.1, 0.15) is 0 Å². The van der Waals surface area contributed by atoms with Crippen LogP contribution in [0.4, 0.5) is 0 Å². The molecule has 0 amide bonds. The molecule has 3 nitrogen and oxygen atoms in total. The monoisotopic (exact) mass is 268 g/mol. The second-order valence-corrected chi connectivity index (χ2v) is 7.20. The first kappa shape index (κ1) is 15.3. The van der Waals surface area contributed by atoms with E-state index >= 15 is 0 Å². The number of hydrogen-bond donors (Lipinski definition) is 2. The Labute approximate surface area is 118 Å². The third-order valence-corrected chi connectivity index (χ3v) is 4.94. The quantitative estimate of drug-likeness (QED) is 0.709. The molecule has 0 radical (unpaired) electrons. The fourth-order valence-corrected chi connectivity index (χ4v) is 3.79. The Hall–Kier alpha value is -0.120. The third-order valence-electron chi connectivity index (χ3n) is 4.94. The van der Waals surface area contributed by atoms with Crippen molar-refractivity contribution in [2.75, 3.05) is 26.7 Å². The van der Waals surface area contributed by atoms with Gasteiger partial charge in [0.2, 0.25) is 0 Å². The van der Waals surface area contributed by atoms with E-state index in [1.807, 2.05) is 0 Å². The van der Waals surface area contributed by atoms with Crippen LogP contribution in [0.25, 0.3) is 0 Å². The molecule has 2 fully saturated rings. The number of rotatable bonds is 8. The zero-order valence-corrected chi connectivity index (χ0v) is 13.0.